The molecule has 0 bridgehead atoms. The van der Waals surface area contributed by atoms with Crippen molar-refractivity contribution >= 4 is 21.1 Å². The number of alkyl halides is 3. The lowest BCUT2D eigenvalue weighted by Gasteiger charge is -2.14. The molecule has 0 unspecified atom stereocenters. The molecule has 1 aromatic heterocycles. The number of fused-ring (bicyclic) bond motifs is 1. The Balaban J connectivity index is 1.36. The second-order valence-electron chi connectivity index (χ2n) is 9.73. The van der Waals surface area contributed by atoms with Gasteiger partial charge in [-0.25, -0.2) is 22.5 Å². The summed E-state index contributed by atoms with van der Waals surface area (Å²) in [6.07, 6.45) is -2.89. The Bertz CT molecular complexity index is 1880. The first-order chi connectivity index (χ1) is 19.5. The first kappa shape index (κ1) is 27.0. The fourth-order valence-corrected chi connectivity index (χ4v) is 5.82. The molecular formula is C30H22F4N2O4S. The number of aromatic nitrogens is 1. The normalized spacial score (nSPS) is 14.0. The van der Waals surface area contributed by atoms with E-state index in [0.29, 0.717) is 22.3 Å². The molecule has 1 heterocycles. The third-order valence-corrected chi connectivity index (χ3v) is 8.34. The quantitative estimate of drug-likeness (QED) is 0.202. The summed E-state index contributed by atoms with van der Waals surface area (Å²) >= 11 is 0. The SMILES string of the molecule is COc1cc(F)c(-c2ccc(S(=O)(=O)NC3CC3)cc2)cc1-c1cccc(-c2nc3cc(C(F)(F)F)ccc3o2)c1. The Morgan fingerprint density at radius 2 is 1.63 bits per heavy atom. The van der Waals surface area contributed by atoms with Crippen molar-refractivity contribution in [3.63, 3.8) is 0 Å². The van der Waals surface area contributed by atoms with Crippen molar-refractivity contribution in [3.05, 3.63) is 90.2 Å². The van der Waals surface area contributed by atoms with Gasteiger partial charge in [0.2, 0.25) is 15.9 Å². The second kappa shape index (κ2) is 10.0. The summed E-state index contributed by atoms with van der Waals surface area (Å²) in [6, 6.07) is 18.8. The van der Waals surface area contributed by atoms with Gasteiger partial charge in [-0.05, 0) is 72.5 Å². The summed E-state index contributed by atoms with van der Waals surface area (Å²) in [5, 5.41) is 0. The Morgan fingerprint density at radius 3 is 2.32 bits per heavy atom. The summed E-state index contributed by atoms with van der Waals surface area (Å²) in [6.45, 7) is 0. The molecule has 210 valence electrons. The molecule has 5 aromatic rings. The van der Waals surface area contributed by atoms with E-state index in [1.807, 2.05) is 0 Å². The fraction of sp³-hybridized carbons (Fsp3) is 0.167. The number of halogens is 4. The second-order valence-corrected chi connectivity index (χ2v) is 11.4. The minimum atomic E-state index is -4.51. The molecule has 41 heavy (non-hydrogen) atoms. The molecule has 11 heteroatoms. The summed E-state index contributed by atoms with van der Waals surface area (Å²) < 4.78 is 93.4. The average molecular weight is 583 g/mol. The lowest BCUT2D eigenvalue weighted by molar-refractivity contribution is -0.137. The molecule has 0 atom stereocenters. The van der Waals surface area contributed by atoms with Gasteiger partial charge in [0, 0.05) is 28.8 Å². The zero-order valence-electron chi connectivity index (χ0n) is 21.5. The van der Waals surface area contributed by atoms with E-state index in [9.17, 15) is 21.6 Å². The van der Waals surface area contributed by atoms with E-state index in [4.69, 9.17) is 9.15 Å². The molecule has 6 rings (SSSR count). The average Bonchev–Trinajstić information content (AvgIpc) is 3.65. The van der Waals surface area contributed by atoms with Crippen LogP contribution in [0.1, 0.15) is 18.4 Å². The van der Waals surface area contributed by atoms with E-state index >= 15 is 4.39 Å². The molecule has 1 fully saturated rings. The molecule has 1 aliphatic rings. The zero-order valence-corrected chi connectivity index (χ0v) is 22.3. The predicted octanol–water partition coefficient (Wildman–Crippen LogP) is 7.44. The van der Waals surface area contributed by atoms with Crippen LogP contribution < -0.4 is 9.46 Å². The molecule has 4 aromatic carbocycles. The van der Waals surface area contributed by atoms with Crippen LogP contribution in [0.25, 0.3) is 44.8 Å². The van der Waals surface area contributed by atoms with Crippen molar-refractivity contribution in [2.75, 3.05) is 7.11 Å². The Kier molecular flexibility index (Phi) is 6.58. The largest absolute Gasteiger partial charge is 0.496 e. The maximum absolute atomic E-state index is 15.2. The lowest BCUT2D eigenvalue weighted by atomic mass is 9.96. The van der Waals surface area contributed by atoms with E-state index in [2.05, 4.69) is 9.71 Å². The van der Waals surface area contributed by atoms with E-state index in [1.54, 1.807) is 42.5 Å². The summed E-state index contributed by atoms with van der Waals surface area (Å²) in [5.41, 5.74) is 1.79. The summed E-state index contributed by atoms with van der Waals surface area (Å²) in [5.74, 6) is -0.185. The third-order valence-electron chi connectivity index (χ3n) is 6.80. The molecule has 0 amide bonds. The van der Waals surface area contributed by atoms with E-state index in [1.165, 1.54) is 31.4 Å². The van der Waals surface area contributed by atoms with Crippen LogP contribution in [0.5, 0.6) is 5.75 Å². The zero-order chi connectivity index (χ0) is 28.9. The van der Waals surface area contributed by atoms with E-state index in [0.717, 1.165) is 25.0 Å². The number of ether oxygens (including phenoxy) is 1. The first-order valence-electron chi connectivity index (χ1n) is 12.6. The smallest absolute Gasteiger partial charge is 0.416 e. The van der Waals surface area contributed by atoms with Crippen LogP contribution in [0.2, 0.25) is 0 Å². The van der Waals surface area contributed by atoms with Crippen molar-refractivity contribution in [1.29, 1.82) is 0 Å². The molecule has 1 aliphatic carbocycles. The van der Waals surface area contributed by atoms with Gasteiger partial charge in [-0.2, -0.15) is 13.2 Å². The fourth-order valence-electron chi connectivity index (χ4n) is 4.52. The minimum absolute atomic E-state index is 0.0378. The Labute approximate surface area is 232 Å². The molecular weight excluding hydrogens is 560 g/mol. The van der Waals surface area contributed by atoms with Gasteiger partial charge < -0.3 is 9.15 Å². The van der Waals surface area contributed by atoms with Gasteiger partial charge in [0.1, 0.15) is 17.1 Å². The van der Waals surface area contributed by atoms with Crippen molar-refractivity contribution in [1.82, 2.24) is 9.71 Å². The van der Waals surface area contributed by atoms with Crippen molar-refractivity contribution in [2.45, 2.75) is 30.0 Å². The van der Waals surface area contributed by atoms with E-state index in [-0.39, 0.29) is 39.2 Å². The van der Waals surface area contributed by atoms with Crippen LogP contribution in [-0.2, 0) is 16.2 Å². The highest BCUT2D eigenvalue weighted by Crippen LogP contribution is 2.39. The van der Waals surface area contributed by atoms with Crippen LogP contribution in [0.3, 0.4) is 0 Å². The monoisotopic (exact) mass is 582 g/mol. The predicted molar refractivity (Wildman–Crippen MR) is 145 cm³/mol. The third kappa shape index (κ3) is 5.42. The van der Waals surface area contributed by atoms with Crippen LogP contribution in [-0.4, -0.2) is 26.6 Å². The van der Waals surface area contributed by atoms with Crippen molar-refractivity contribution in [2.24, 2.45) is 0 Å². The highest BCUT2D eigenvalue weighted by atomic mass is 32.2. The van der Waals surface area contributed by atoms with Gasteiger partial charge >= 0.3 is 6.18 Å². The highest BCUT2D eigenvalue weighted by molar-refractivity contribution is 7.89. The van der Waals surface area contributed by atoms with Gasteiger partial charge in [0.15, 0.2) is 5.58 Å². The van der Waals surface area contributed by atoms with Gasteiger partial charge in [0.25, 0.3) is 0 Å². The number of rotatable bonds is 7. The standard InChI is InChI=1S/C30H22F4N2O4S/c1-39-28-16-25(31)23(17-5-10-22(11-6-17)41(37,38)36-21-8-9-21)15-24(28)18-3-2-4-19(13-18)29-35-26-14-20(30(32,33)34)7-12-27(26)40-29/h2-7,10-16,21,36H,8-9H2,1H3. The lowest BCUT2D eigenvalue weighted by Crippen LogP contribution is -2.25. The number of hydrogen-bond acceptors (Lipinski definition) is 5. The van der Waals surface area contributed by atoms with Crippen LogP contribution >= 0.6 is 0 Å². The van der Waals surface area contributed by atoms with Crippen LogP contribution in [0.4, 0.5) is 17.6 Å². The van der Waals surface area contributed by atoms with Gasteiger partial charge in [0.05, 0.1) is 17.6 Å². The number of benzene rings is 4. The van der Waals surface area contributed by atoms with Crippen LogP contribution in [0.15, 0.2) is 88.2 Å². The number of oxazole rings is 1. The molecule has 0 saturated heterocycles. The van der Waals surface area contributed by atoms with Crippen molar-refractivity contribution < 1.29 is 35.1 Å². The summed E-state index contributed by atoms with van der Waals surface area (Å²) in [7, 11) is -2.24. The highest BCUT2D eigenvalue weighted by Gasteiger charge is 2.31. The molecule has 1 saturated carbocycles. The number of hydrogen-bond donors (Lipinski definition) is 1. The minimum Gasteiger partial charge on any atom is -0.496 e. The number of nitrogens with one attached hydrogen (secondary N) is 1. The topological polar surface area (TPSA) is 81.4 Å². The van der Waals surface area contributed by atoms with Gasteiger partial charge in [-0.1, -0.05) is 24.3 Å². The number of nitrogens with zero attached hydrogens (tertiary/aromatic N) is 1. The Morgan fingerprint density at radius 1 is 0.902 bits per heavy atom. The molecule has 1 N–H and O–H groups in total. The Hall–Kier alpha value is -4.22. The maximum Gasteiger partial charge on any atom is 0.416 e. The molecule has 0 spiro atoms. The molecule has 0 aliphatic heterocycles. The van der Waals surface area contributed by atoms with Crippen LogP contribution in [0, 0.1) is 5.82 Å². The number of methoxy groups -OCH3 is 1. The van der Waals surface area contributed by atoms with E-state index < -0.39 is 27.6 Å². The maximum atomic E-state index is 15.2. The van der Waals surface area contributed by atoms with Gasteiger partial charge in [-0.3, -0.25) is 0 Å². The van der Waals surface area contributed by atoms with Crippen molar-refractivity contribution in [3.8, 4) is 39.5 Å². The first-order valence-corrected chi connectivity index (χ1v) is 14.1. The molecule has 6 nitrogen and oxygen atoms in total. The number of sulfonamides is 1. The summed E-state index contributed by atoms with van der Waals surface area (Å²) in [4.78, 5) is 4.34. The molecule has 0 radical (unpaired) electrons. The van der Waals surface area contributed by atoms with Gasteiger partial charge in [-0.15, -0.1) is 0 Å².